The summed E-state index contributed by atoms with van der Waals surface area (Å²) in [5.74, 6) is 0. The standard InChI is InChI=1S/C10H13ClN2O/c11-9-6-13-3-1-8(9)5-10(12)2-4-14-7-10/h1,3,6H,2,4-5,7,12H2. The fourth-order valence-electron chi connectivity index (χ4n) is 1.69. The van der Waals surface area contributed by atoms with E-state index in [4.69, 9.17) is 22.1 Å². The van der Waals surface area contributed by atoms with Crippen LogP contribution in [0, 0.1) is 0 Å². The second kappa shape index (κ2) is 3.85. The summed E-state index contributed by atoms with van der Waals surface area (Å²) in [4.78, 5) is 3.94. The Morgan fingerprint density at radius 3 is 3.14 bits per heavy atom. The van der Waals surface area contributed by atoms with Gasteiger partial charge in [0.15, 0.2) is 0 Å². The van der Waals surface area contributed by atoms with Gasteiger partial charge in [0, 0.05) is 24.5 Å². The highest BCUT2D eigenvalue weighted by Gasteiger charge is 2.30. The van der Waals surface area contributed by atoms with Crippen molar-refractivity contribution in [3.8, 4) is 0 Å². The lowest BCUT2D eigenvalue weighted by atomic mass is 9.92. The van der Waals surface area contributed by atoms with E-state index in [0.717, 1.165) is 25.0 Å². The van der Waals surface area contributed by atoms with E-state index < -0.39 is 0 Å². The molecule has 0 amide bonds. The third-order valence-electron chi connectivity index (χ3n) is 2.53. The molecule has 0 aliphatic carbocycles. The molecule has 1 aliphatic heterocycles. The van der Waals surface area contributed by atoms with Crippen LogP contribution in [-0.4, -0.2) is 23.7 Å². The molecule has 0 radical (unpaired) electrons. The van der Waals surface area contributed by atoms with Crippen molar-refractivity contribution in [3.05, 3.63) is 29.0 Å². The predicted octanol–water partition coefficient (Wildman–Crippen LogP) is 1.40. The van der Waals surface area contributed by atoms with E-state index in [1.54, 1.807) is 12.4 Å². The van der Waals surface area contributed by atoms with Crippen LogP contribution in [0.5, 0.6) is 0 Å². The molecule has 1 aromatic heterocycles. The Kier molecular flexibility index (Phi) is 2.72. The average Bonchev–Trinajstić information content (AvgIpc) is 2.57. The Morgan fingerprint density at radius 1 is 1.64 bits per heavy atom. The van der Waals surface area contributed by atoms with E-state index in [2.05, 4.69) is 4.98 Å². The van der Waals surface area contributed by atoms with Gasteiger partial charge in [0.25, 0.3) is 0 Å². The molecule has 3 nitrogen and oxygen atoms in total. The Hall–Kier alpha value is -0.640. The molecule has 1 aromatic rings. The minimum atomic E-state index is -0.245. The van der Waals surface area contributed by atoms with E-state index in [9.17, 15) is 0 Å². The summed E-state index contributed by atoms with van der Waals surface area (Å²) >= 11 is 6.01. The molecule has 0 spiro atoms. The SMILES string of the molecule is NC1(Cc2ccncc2Cl)CCOC1. The zero-order valence-electron chi connectivity index (χ0n) is 7.87. The highest BCUT2D eigenvalue weighted by atomic mass is 35.5. The highest BCUT2D eigenvalue weighted by molar-refractivity contribution is 6.31. The Bertz CT molecular complexity index is 324. The van der Waals surface area contributed by atoms with Crippen molar-refractivity contribution in [1.29, 1.82) is 0 Å². The maximum atomic E-state index is 6.16. The largest absolute Gasteiger partial charge is 0.379 e. The Balaban J connectivity index is 2.14. The van der Waals surface area contributed by atoms with Gasteiger partial charge in [0.05, 0.1) is 11.6 Å². The molecule has 1 atom stereocenters. The number of rotatable bonds is 2. The summed E-state index contributed by atoms with van der Waals surface area (Å²) in [5, 5.41) is 0.684. The van der Waals surface area contributed by atoms with Gasteiger partial charge in [-0.15, -0.1) is 0 Å². The zero-order chi connectivity index (χ0) is 10.0. The number of pyridine rings is 1. The van der Waals surface area contributed by atoms with Gasteiger partial charge in [-0.2, -0.15) is 0 Å². The van der Waals surface area contributed by atoms with Crippen LogP contribution < -0.4 is 5.73 Å². The molecule has 0 saturated carbocycles. The van der Waals surface area contributed by atoms with Crippen LogP contribution in [0.1, 0.15) is 12.0 Å². The molecule has 4 heteroatoms. The first-order chi connectivity index (χ1) is 6.70. The van der Waals surface area contributed by atoms with Crippen molar-refractivity contribution in [2.45, 2.75) is 18.4 Å². The van der Waals surface area contributed by atoms with Crippen molar-refractivity contribution >= 4 is 11.6 Å². The predicted molar refractivity (Wildman–Crippen MR) is 55.3 cm³/mol. The van der Waals surface area contributed by atoms with Crippen molar-refractivity contribution < 1.29 is 4.74 Å². The summed E-state index contributed by atoms with van der Waals surface area (Å²) in [6.45, 7) is 1.37. The minimum absolute atomic E-state index is 0.245. The number of hydrogen-bond donors (Lipinski definition) is 1. The van der Waals surface area contributed by atoms with Gasteiger partial charge >= 0.3 is 0 Å². The maximum Gasteiger partial charge on any atom is 0.0650 e. The lowest BCUT2D eigenvalue weighted by molar-refractivity contribution is 0.178. The quantitative estimate of drug-likeness (QED) is 0.806. The van der Waals surface area contributed by atoms with Crippen molar-refractivity contribution in [1.82, 2.24) is 4.98 Å². The van der Waals surface area contributed by atoms with Crippen LogP contribution in [0.15, 0.2) is 18.5 Å². The molecule has 0 aromatic carbocycles. The number of halogens is 1. The van der Waals surface area contributed by atoms with E-state index in [-0.39, 0.29) is 5.54 Å². The molecule has 14 heavy (non-hydrogen) atoms. The molecule has 2 rings (SSSR count). The molecule has 2 heterocycles. The molecule has 1 aliphatic rings. The number of hydrogen-bond acceptors (Lipinski definition) is 3. The summed E-state index contributed by atoms with van der Waals surface area (Å²) < 4.78 is 5.29. The topological polar surface area (TPSA) is 48.1 Å². The molecule has 1 unspecified atom stereocenters. The van der Waals surface area contributed by atoms with E-state index in [0.29, 0.717) is 11.6 Å². The molecule has 1 fully saturated rings. The second-order valence-electron chi connectivity index (χ2n) is 3.81. The Morgan fingerprint density at radius 2 is 2.50 bits per heavy atom. The van der Waals surface area contributed by atoms with Gasteiger partial charge in [-0.05, 0) is 24.5 Å². The van der Waals surface area contributed by atoms with Crippen LogP contribution in [0.2, 0.25) is 5.02 Å². The lowest BCUT2D eigenvalue weighted by Crippen LogP contribution is -2.42. The number of nitrogens with zero attached hydrogens (tertiary/aromatic N) is 1. The monoisotopic (exact) mass is 212 g/mol. The summed E-state index contributed by atoms with van der Waals surface area (Å²) in [6.07, 6.45) is 5.04. The number of ether oxygens (including phenoxy) is 1. The summed E-state index contributed by atoms with van der Waals surface area (Å²) in [6, 6.07) is 1.91. The minimum Gasteiger partial charge on any atom is -0.379 e. The van der Waals surface area contributed by atoms with E-state index in [1.807, 2.05) is 6.07 Å². The van der Waals surface area contributed by atoms with Crippen LogP contribution in [-0.2, 0) is 11.2 Å². The number of nitrogens with two attached hydrogens (primary N) is 1. The first kappa shape index (κ1) is 9.90. The first-order valence-electron chi connectivity index (χ1n) is 4.65. The van der Waals surface area contributed by atoms with Crippen LogP contribution >= 0.6 is 11.6 Å². The molecule has 0 bridgehead atoms. The maximum absolute atomic E-state index is 6.16. The van der Waals surface area contributed by atoms with Crippen molar-refractivity contribution in [2.24, 2.45) is 5.73 Å². The smallest absolute Gasteiger partial charge is 0.0650 e. The van der Waals surface area contributed by atoms with Crippen LogP contribution in [0.4, 0.5) is 0 Å². The molecule has 76 valence electrons. The van der Waals surface area contributed by atoms with Gasteiger partial charge in [-0.25, -0.2) is 0 Å². The highest BCUT2D eigenvalue weighted by Crippen LogP contribution is 2.24. The molecule has 1 saturated heterocycles. The lowest BCUT2D eigenvalue weighted by Gasteiger charge is -2.21. The van der Waals surface area contributed by atoms with Gasteiger partial charge in [0.1, 0.15) is 0 Å². The van der Waals surface area contributed by atoms with E-state index in [1.165, 1.54) is 0 Å². The molecular formula is C10H13ClN2O. The number of aromatic nitrogens is 1. The second-order valence-corrected chi connectivity index (χ2v) is 4.22. The normalized spacial score (nSPS) is 26.7. The Labute approximate surface area is 88.2 Å². The van der Waals surface area contributed by atoms with Crippen LogP contribution in [0.3, 0.4) is 0 Å². The van der Waals surface area contributed by atoms with E-state index >= 15 is 0 Å². The molecule has 2 N–H and O–H groups in total. The van der Waals surface area contributed by atoms with Crippen molar-refractivity contribution in [3.63, 3.8) is 0 Å². The summed E-state index contributed by atoms with van der Waals surface area (Å²) in [5.41, 5.74) is 6.96. The van der Waals surface area contributed by atoms with Gasteiger partial charge in [-0.1, -0.05) is 11.6 Å². The van der Waals surface area contributed by atoms with Gasteiger partial charge < -0.3 is 10.5 Å². The fraction of sp³-hybridized carbons (Fsp3) is 0.500. The fourth-order valence-corrected chi connectivity index (χ4v) is 1.88. The zero-order valence-corrected chi connectivity index (χ0v) is 8.63. The van der Waals surface area contributed by atoms with Gasteiger partial charge in [0.2, 0.25) is 0 Å². The first-order valence-corrected chi connectivity index (χ1v) is 5.02. The molecular weight excluding hydrogens is 200 g/mol. The van der Waals surface area contributed by atoms with Crippen LogP contribution in [0.25, 0.3) is 0 Å². The third kappa shape index (κ3) is 2.05. The average molecular weight is 213 g/mol. The summed E-state index contributed by atoms with van der Waals surface area (Å²) in [7, 11) is 0. The van der Waals surface area contributed by atoms with Gasteiger partial charge in [-0.3, -0.25) is 4.98 Å². The third-order valence-corrected chi connectivity index (χ3v) is 2.87. The van der Waals surface area contributed by atoms with Crippen molar-refractivity contribution in [2.75, 3.05) is 13.2 Å².